The number of rotatable bonds is 0. The minimum absolute atomic E-state index is 1.13. The fourth-order valence-electron chi connectivity index (χ4n) is 0. The van der Waals surface area contributed by atoms with Gasteiger partial charge in [-0.25, -0.2) is 8.42 Å². The van der Waals surface area contributed by atoms with Crippen LogP contribution >= 0.6 is 21.2 Å². The highest BCUT2D eigenvalue weighted by atomic mass is 127. The Hall–Kier alpha value is 0.745. The van der Waals surface area contributed by atoms with Crippen molar-refractivity contribution in [3.05, 3.63) is 0 Å². The third-order valence-corrected chi connectivity index (χ3v) is 0. The fourth-order valence-corrected chi connectivity index (χ4v) is 0. The minimum Gasteiger partial charge on any atom is -0.232 e. The maximum Gasteiger partial charge on any atom is 0.269 e. The van der Waals surface area contributed by atoms with Crippen LogP contribution in [-0.4, -0.2) is 15.5 Å². The molecule has 0 aliphatic carbocycles. The van der Waals surface area contributed by atoms with Crippen molar-refractivity contribution < 1.29 is 8.42 Å². The Morgan fingerprint density at radius 2 is 1.60 bits per heavy atom. The van der Waals surface area contributed by atoms with Gasteiger partial charge in [0.25, 0.3) is 7.12 Å². The van der Waals surface area contributed by atoms with Gasteiger partial charge in [-0.2, -0.15) is 0 Å². The van der Waals surface area contributed by atoms with Crippen LogP contribution in [0.3, 0.4) is 0 Å². The fraction of sp³-hybridized carbons (Fsp3) is 0. The van der Waals surface area contributed by atoms with Crippen molar-refractivity contribution in [1.82, 2.24) is 0 Å². The lowest BCUT2D eigenvalue weighted by Gasteiger charge is -1.66. The predicted octanol–water partition coefficient (Wildman–Crippen LogP) is -0.165. The van der Waals surface area contributed by atoms with Gasteiger partial charge in [-0.05, 0) is 0 Å². The van der Waals surface area contributed by atoms with E-state index in [0.717, 1.165) is 21.2 Å². The van der Waals surface area contributed by atoms with E-state index in [2.05, 4.69) is 7.12 Å². The molecule has 0 N–H and O–H groups in total. The Labute approximate surface area is 43.8 Å². The highest BCUT2D eigenvalue weighted by molar-refractivity contribution is 14.2. The van der Waals surface area contributed by atoms with Crippen LogP contribution in [0.4, 0.5) is 0 Å². The Balaban J connectivity index is 4.06. The van der Waals surface area contributed by atoms with Crippen LogP contribution in [0.15, 0.2) is 0 Å². The lowest BCUT2D eigenvalue weighted by molar-refractivity contribution is 0.624. The van der Waals surface area contributed by atoms with Gasteiger partial charge in [0.15, 0.2) is 0 Å². The summed E-state index contributed by atoms with van der Waals surface area (Å²) < 4.78 is 18.8. The molecule has 28 valence electrons. The molecule has 2 radical (unpaired) electrons. The predicted molar refractivity (Wildman–Crippen MR) is 28.7 cm³/mol. The summed E-state index contributed by atoms with van der Waals surface area (Å²) >= 11 is 1.13. The van der Waals surface area contributed by atoms with Crippen LogP contribution in [0.2, 0.25) is 0 Å². The smallest absolute Gasteiger partial charge is 0.232 e. The molecule has 0 saturated carbocycles. The molecule has 0 bridgehead atoms. The van der Waals surface area contributed by atoms with E-state index in [1.807, 2.05) is 0 Å². The largest absolute Gasteiger partial charge is 0.269 e. The zero-order valence-electron chi connectivity index (χ0n) is 2.18. The highest BCUT2D eigenvalue weighted by Crippen LogP contribution is 1.89. The SMILES string of the molecule is [B]S(=O)(=O)I. The number of halogens is 1. The summed E-state index contributed by atoms with van der Waals surface area (Å²) in [4.78, 5) is 0. The third kappa shape index (κ3) is 64.4. The lowest BCUT2D eigenvalue weighted by atomic mass is 10.8. The summed E-state index contributed by atoms with van der Waals surface area (Å²) in [6.07, 6.45) is 0. The summed E-state index contributed by atoms with van der Waals surface area (Å²) in [6, 6.07) is 0. The van der Waals surface area contributed by atoms with E-state index < -0.39 is 6.86 Å². The van der Waals surface area contributed by atoms with Crippen molar-refractivity contribution in [3.8, 4) is 0 Å². The van der Waals surface area contributed by atoms with E-state index in [9.17, 15) is 8.42 Å². The van der Waals surface area contributed by atoms with Gasteiger partial charge < -0.3 is 0 Å². The van der Waals surface area contributed by atoms with Crippen LogP contribution in [0.25, 0.3) is 0 Å². The van der Waals surface area contributed by atoms with Crippen molar-refractivity contribution in [2.24, 2.45) is 0 Å². The van der Waals surface area contributed by atoms with Crippen LogP contribution in [0.5, 0.6) is 0 Å². The summed E-state index contributed by atoms with van der Waals surface area (Å²) in [7, 11) is 4.31. The van der Waals surface area contributed by atoms with Crippen LogP contribution in [0.1, 0.15) is 0 Å². The molecular weight excluding hydrogens is 202 g/mol. The lowest BCUT2D eigenvalue weighted by Crippen LogP contribution is -1.78. The first-order valence-corrected chi connectivity index (χ1v) is 4.81. The van der Waals surface area contributed by atoms with Crippen molar-refractivity contribution in [2.45, 2.75) is 0 Å². The molecule has 0 aromatic rings. The average Bonchev–Trinajstić information content (AvgIpc) is 0.722. The third-order valence-electron chi connectivity index (χ3n) is 0. The number of hydrogen-bond acceptors (Lipinski definition) is 2. The zero-order chi connectivity index (χ0) is 4.50. The Bertz CT molecular complexity index is 92.8. The molecule has 0 aromatic carbocycles. The van der Waals surface area contributed by atoms with E-state index in [4.69, 9.17) is 0 Å². The van der Waals surface area contributed by atoms with Crippen molar-refractivity contribution in [2.75, 3.05) is 0 Å². The molecule has 5 heavy (non-hydrogen) atoms. The standard InChI is InChI=1S/BIO2S/c1-5(2,3)4. The van der Waals surface area contributed by atoms with Crippen LogP contribution in [-0.2, 0) is 6.86 Å². The van der Waals surface area contributed by atoms with Gasteiger partial charge in [0, 0.05) is 0 Å². The van der Waals surface area contributed by atoms with Gasteiger partial charge in [0.1, 0.15) is 6.86 Å². The average molecular weight is 202 g/mol. The van der Waals surface area contributed by atoms with Gasteiger partial charge in [0.05, 0.1) is 21.2 Å². The molecule has 0 heterocycles. The molecule has 5 heteroatoms. The first-order chi connectivity index (χ1) is 2.00. The molecule has 0 saturated heterocycles. The summed E-state index contributed by atoms with van der Waals surface area (Å²) in [6.45, 7) is -3.20. The molecule has 0 aliphatic rings. The van der Waals surface area contributed by atoms with Crippen LogP contribution < -0.4 is 0 Å². The maximum atomic E-state index is 9.40. The van der Waals surface area contributed by atoms with Gasteiger partial charge >= 0.3 is 0 Å². The van der Waals surface area contributed by atoms with E-state index in [0.29, 0.717) is 0 Å². The highest BCUT2D eigenvalue weighted by Gasteiger charge is 1.83. The normalized spacial score (nSPS) is 11.4. The molecule has 0 fully saturated rings. The van der Waals surface area contributed by atoms with Gasteiger partial charge in [-0.3, -0.25) is 0 Å². The molecule has 0 rings (SSSR count). The van der Waals surface area contributed by atoms with Gasteiger partial charge in [-0.15, -0.1) is 0 Å². The second-order valence-electron chi connectivity index (χ2n) is 0.476. The molecular formula is BIO2S. The first-order valence-electron chi connectivity index (χ1n) is 0.723. The molecule has 0 spiro atoms. The van der Waals surface area contributed by atoms with Gasteiger partial charge in [0.2, 0.25) is 0 Å². The summed E-state index contributed by atoms with van der Waals surface area (Å²) in [5, 5.41) is 0. The minimum atomic E-state index is -3.20. The van der Waals surface area contributed by atoms with Crippen molar-refractivity contribution in [3.63, 3.8) is 0 Å². The Kier molecular flexibility index (Phi) is 1.68. The monoisotopic (exact) mass is 202 g/mol. The van der Waals surface area contributed by atoms with E-state index in [1.54, 1.807) is 0 Å². The quantitative estimate of drug-likeness (QED) is 0.310. The van der Waals surface area contributed by atoms with E-state index in [-0.39, 0.29) is 0 Å². The first kappa shape index (κ1) is 5.74. The zero-order valence-corrected chi connectivity index (χ0v) is 5.15. The second-order valence-corrected chi connectivity index (χ2v) is 5.11. The van der Waals surface area contributed by atoms with Crippen molar-refractivity contribution >= 4 is 35.2 Å². The van der Waals surface area contributed by atoms with Crippen molar-refractivity contribution in [1.29, 1.82) is 0 Å². The topological polar surface area (TPSA) is 34.1 Å². The molecule has 0 unspecified atom stereocenters. The van der Waals surface area contributed by atoms with E-state index in [1.165, 1.54) is 0 Å². The molecule has 0 amide bonds. The molecule has 0 aromatic heterocycles. The van der Waals surface area contributed by atoms with Gasteiger partial charge in [-0.1, -0.05) is 0 Å². The Morgan fingerprint density at radius 3 is 1.60 bits per heavy atom. The maximum absolute atomic E-state index is 9.40. The summed E-state index contributed by atoms with van der Waals surface area (Å²) in [5.41, 5.74) is 0. The summed E-state index contributed by atoms with van der Waals surface area (Å²) in [5.74, 6) is 0. The Morgan fingerprint density at radius 1 is 1.60 bits per heavy atom. The molecule has 2 nitrogen and oxygen atoms in total. The van der Waals surface area contributed by atoms with Crippen LogP contribution in [0, 0.1) is 0 Å². The second kappa shape index (κ2) is 1.46. The van der Waals surface area contributed by atoms with E-state index >= 15 is 0 Å². The number of hydrogen-bond donors (Lipinski definition) is 0. The molecule has 0 aliphatic heterocycles. The molecule has 0 atom stereocenters.